The van der Waals surface area contributed by atoms with Gasteiger partial charge in [-0.05, 0) is 48.4 Å². The van der Waals surface area contributed by atoms with E-state index in [1.165, 1.54) is 17.7 Å². The molecule has 0 unspecified atom stereocenters. The average Bonchev–Trinajstić information content (AvgIpc) is 3.28. The van der Waals surface area contributed by atoms with Crippen LogP contribution in [0, 0.1) is 5.82 Å². The van der Waals surface area contributed by atoms with Crippen LogP contribution in [-0.2, 0) is 17.0 Å². The number of pyridine rings is 1. The Bertz CT molecular complexity index is 1210. The summed E-state index contributed by atoms with van der Waals surface area (Å²) in [6, 6.07) is 21.1. The Hall–Kier alpha value is -3.00. The number of thioether (sulfide) groups is 1. The molecule has 3 heterocycles. The quantitative estimate of drug-likeness (QED) is 0.280. The summed E-state index contributed by atoms with van der Waals surface area (Å²) in [5.74, 6) is 0.586. The normalized spacial score (nSPS) is 14.3. The Morgan fingerprint density at radius 3 is 2.34 bits per heavy atom. The van der Waals surface area contributed by atoms with Crippen LogP contribution in [0.15, 0.2) is 84.3 Å². The molecule has 2 aromatic carbocycles. The zero-order chi connectivity index (χ0) is 23.9. The second kappa shape index (κ2) is 11.6. The molecule has 0 spiro atoms. The molecule has 4 aromatic rings. The van der Waals surface area contributed by atoms with Gasteiger partial charge in [0.1, 0.15) is 5.82 Å². The highest BCUT2D eigenvalue weighted by Gasteiger charge is 2.21. The summed E-state index contributed by atoms with van der Waals surface area (Å²) in [7, 11) is 0. The number of rotatable bonds is 9. The molecule has 0 saturated carbocycles. The van der Waals surface area contributed by atoms with Gasteiger partial charge < -0.3 is 9.30 Å². The minimum Gasteiger partial charge on any atom is -0.379 e. The SMILES string of the molecule is Fc1ccc(-c2nc(SCc3ccccc3)n(CCCN3CCOCC3)c2-c2ccncc2)cc1. The number of ether oxygens (including phenoxy) is 1. The van der Waals surface area contributed by atoms with Gasteiger partial charge in [-0.3, -0.25) is 9.88 Å². The fourth-order valence-corrected chi connectivity index (χ4v) is 5.34. The van der Waals surface area contributed by atoms with Crippen molar-refractivity contribution in [2.75, 3.05) is 32.8 Å². The van der Waals surface area contributed by atoms with Gasteiger partial charge in [0.15, 0.2) is 5.16 Å². The van der Waals surface area contributed by atoms with Crippen LogP contribution >= 0.6 is 11.8 Å². The zero-order valence-corrected chi connectivity index (χ0v) is 20.5. The number of morpholine rings is 1. The lowest BCUT2D eigenvalue weighted by Crippen LogP contribution is -2.37. The van der Waals surface area contributed by atoms with Crippen molar-refractivity contribution >= 4 is 11.8 Å². The zero-order valence-electron chi connectivity index (χ0n) is 19.6. The molecule has 0 atom stereocenters. The highest BCUT2D eigenvalue weighted by molar-refractivity contribution is 7.98. The molecule has 5 nitrogen and oxygen atoms in total. The summed E-state index contributed by atoms with van der Waals surface area (Å²) in [6.45, 7) is 5.45. The highest BCUT2D eigenvalue weighted by atomic mass is 32.2. The Morgan fingerprint density at radius 2 is 1.60 bits per heavy atom. The molecule has 1 aliphatic heterocycles. The molecule has 0 bridgehead atoms. The van der Waals surface area contributed by atoms with Gasteiger partial charge in [-0.1, -0.05) is 42.1 Å². The molecule has 35 heavy (non-hydrogen) atoms. The number of nitrogens with zero attached hydrogens (tertiary/aromatic N) is 4. The van der Waals surface area contributed by atoms with Crippen LogP contribution in [-0.4, -0.2) is 52.3 Å². The summed E-state index contributed by atoms with van der Waals surface area (Å²) in [4.78, 5) is 11.8. The van der Waals surface area contributed by atoms with E-state index in [9.17, 15) is 4.39 Å². The van der Waals surface area contributed by atoms with Crippen molar-refractivity contribution in [2.24, 2.45) is 0 Å². The molecule has 7 heteroatoms. The Balaban J connectivity index is 1.50. The molecule has 0 amide bonds. The molecule has 0 aliphatic carbocycles. The fraction of sp³-hybridized carbons (Fsp3) is 0.286. The largest absolute Gasteiger partial charge is 0.379 e. The molecule has 1 aliphatic rings. The number of halogens is 1. The Labute approximate surface area is 210 Å². The van der Waals surface area contributed by atoms with Crippen molar-refractivity contribution in [2.45, 2.75) is 23.9 Å². The predicted molar refractivity (Wildman–Crippen MR) is 139 cm³/mol. The maximum Gasteiger partial charge on any atom is 0.169 e. The highest BCUT2D eigenvalue weighted by Crippen LogP contribution is 2.37. The first-order valence-corrected chi connectivity index (χ1v) is 13.0. The average molecular weight is 489 g/mol. The van der Waals surface area contributed by atoms with Crippen LogP contribution in [0.2, 0.25) is 0 Å². The van der Waals surface area contributed by atoms with E-state index in [4.69, 9.17) is 9.72 Å². The third-order valence-electron chi connectivity index (χ3n) is 6.17. The van der Waals surface area contributed by atoms with Gasteiger partial charge in [0, 0.05) is 55.5 Å². The molecule has 0 N–H and O–H groups in total. The minimum atomic E-state index is -0.247. The maximum absolute atomic E-state index is 13.7. The van der Waals surface area contributed by atoms with Crippen LogP contribution in [0.3, 0.4) is 0 Å². The van der Waals surface area contributed by atoms with Crippen LogP contribution in [0.4, 0.5) is 4.39 Å². The minimum absolute atomic E-state index is 0.247. The van der Waals surface area contributed by atoms with E-state index in [-0.39, 0.29) is 5.82 Å². The van der Waals surface area contributed by atoms with Gasteiger partial charge in [0.25, 0.3) is 0 Å². The van der Waals surface area contributed by atoms with E-state index in [1.807, 2.05) is 42.7 Å². The molecule has 180 valence electrons. The van der Waals surface area contributed by atoms with Crippen molar-refractivity contribution in [1.29, 1.82) is 0 Å². The summed E-state index contributed by atoms with van der Waals surface area (Å²) in [5.41, 5.74) is 5.15. The smallest absolute Gasteiger partial charge is 0.169 e. The van der Waals surface area contributed by atoms with Crippen molar-refractivity contribution in [3.63, 3.8) is 0 Å². The van der Waals surface area contributed by atoms with Crippen LogP contribution in [0.25, 0.3) is 22.5 Å². The van der Waals surface area contributed by atoms with E-state index in [0.29, 0.717) is 0 Å². The van der Waals surface area contributed by atoms with Crippen molar-refractivity contribution in [3.05, 3.63) is 90.5 Å². The third-order valence-corrected chi connectivity index (χ3v) is 7.22. The summed E-state index contributed by atoms with van der Waals surface area (Å²) in [5, 5.41) is 0.974. The molecule has 1 fully saturated rings. The third kappa shape index (κ3) is 5.99. The number of imidazole rings is 1. The van der Waals surface area contributed by atoms with Gasteiger partial charge in [0.2, 0.25) is 0 Å². The number of hydrogen-bond donors (Lipinski definition) is 0. The van der Waals surface area contributed by atoms with Crippen LogP contribution in [0.5, 0.6) is 0 Å². The molecule has 0 radical (unpaired) electrons. The first-order chi connectivity index (χ1) is 17.3. The molecular weight excluding hydrogens is 459 g/mol. The summed E-state index contributed by atoms with van der Waals surface area (Å²) < 4.78 is 21.5. The molecular formula is C28H29FN4OS. The predicted octanol–water partition coefficient (Wildman–Crippen LogP) is 5.77. The van der Waals surface area contributed by atoms with Crippen molar-refractivity contribution in [3.8, 4) is 22.5 Å². The van der Waals surface area contributed by atoms with Crippen LogP contribution in [0.1, 0.15) is 12.0 Å². The number of benzene rings is 2. The lowest BCUT2D eigenvalue weighted by atomic mass is 10.1. The lowest BCUT2D eigenvalue weighted by molar-refractivity contribution is 0.0369. The number of aromatic nitrogens is 3. The topological polar surface area (TPSA) is 43.2 Å². The van der Waals surface area contributed by atoms with E-state index in [2.05, 4.69) is 38.7 Å². The lowest BCUT2D eigenvalue weighted by Gasteiger charge is -2.26. The second-order valence-electron chi connectivity index (χ2n) is 8.57. The van der Waals surface area contributed by atoms with E-state index in [1.54, 1.807) is 11.8 Å². The first-order valence-electron chi connectivity index (χ1n) is 12.0. The maximum atomic E-state index is 13.7. The van der Waals surface area contributed by atoms with Crippen molar-refractivity contribution in [1.82, 2.24) is 19.4 Å². The summed E-state index contributed by atoms with van der Waals surface area (Å²) >= 11 is 1.74. The van der Waals surface area contributed by atoms with Crippen molar-refractivity contribution < 1.29 is 9.13 Å². The molecule has 2 aromatic heterocycles. The molecule has 5 rings (SSSR count). The second-order valence-corrected chi connectivity index (χ2v) is 9.51. The van der Waals surface area contributed by atoms with E-state index >= 15 is 0 Å². The van der Waals surface area contributed by atoms with Gasteiger partial charge >= 0.3 is 0 Å². The van der Waals surface area contributed by atoms with E-state index in [0.717, 1.165) is 79.2 Å². The standard InChI is InChI=1S/C28H29FN4OS/c29-25-9-7-23(8-10-25)26-27(24-11-13-30-14-12-24)33(16-4-15-32-17-19-34-20-18-32)28(31-26)35-21-22-5-2-1-3-6-22/h1-3,5-14H,4,15-21H2. The molecule has 1 saturated heterocycles. The number of hydrogen-bond acceptors (Lipinski definition) is 5. The summed E-state index contributed by atoms with van der Waals surface area (Å²) in [6.07, 6.45) is 4.63. The van der Waals surface area contributed by atoms with Gasteiger partial charge in [-0.15, -0.1) is 0 Å². The monoisotopic (exact) mass is 488 g/mol. The Kier molecular flexibility index (Phi) is 7.88. The van der Waals surface area contributed by atoms with Gasteiger partial charge in [0.05, 0.1) is 24.6 Å². The Morgan fingerprint density at radius 1 is 0.857 bits per heavy atom. The van der Waals surface area contributed by atoms with Gasteiger partial charge in [-0.25, -0.2) is 9.37 Å². The van der Waals surface area contributed by atoms with E-state index < -0.39 is 0 Å². The van der Waals surface area contributed by atoms with Gasteiger partial charge in [-0.2, -0.15) is 0 Å². The van der Waals surface area contributed by atoms with Crippen LogP contribution < -0.4 is 0 Å². The fourth-order valence-electron chi connectivity index (χ4n) is 4.36. The first kappa shape index (κ1) is 23.7.